The number of nitrogens with two attached hydrogens (primary N) is 1. The predicted molar refractivity (Wildman–Crippen MR) is 94.0 cm³/mol. The lowest BCUT2D eigenvalue weighted by Crippen LogP contribution is -2.17. The molecule has 2 aromatic rings. The Labute approximate surface area is 140 Å². The smallest absolute Gasteiger partial charge is 0.123 e. The summed E-state index contributed by atoms with van der Waals surface area (Å²) < 4.78 is 6.46. The Morgan fingerprint density at radius 3 is 2.57 bits per heavy atom. The fourth-order valence-corrected chi connectivity index (χ4v) is 2.63. The van der Waals surface area contributed by atoms with E-state index in [9.17, 15) is 0 Å². The van der Waals surface area contributed by atoms with Crippen LogP contribution in [0.4, 0.5) is 5.69 Å². The largest absolute Gasteiger partial charge is 0.496 e. The van der Waals surface area contributed by atoms with Gasteiger partial charge in [-0.25, -0.2) is 0 Å². The van der Waals surface area contributed by atoms with Gasteiger partial charge in [0.05, 0.1) is 7.11 Å². The van der Waals surface area contributed by atoms with Crippen LogP contribution in [0.25, 0.3) is 0 Å². The highest BCUT2D eigenvalue weighted by atomic mass is 79.9. The summed E-state index contributed by atoms with van der Waals surface area (Å²) in [5.74, 6) is 0.910. The maximum Gasteiger partial charge on any atom is 0.123 e. The highest BCUT2D eigenvalue weighted by molar-refractivity contribution is 9.10. The molecule has 3 nitrogen and oxygen atoms in total. The third-order valence-corrected chi connectivity index (χ3v) is 3.58. The summed E-state index contributed by atoms with van der Waals surface area (Å²) in [7, 11) is 3.79. The van der Waals surface area contributed by atoms with Gasteiger partial charge in [0.25, 0.3) is 0 Å². The van der Waals surface area contributed by atoms with Crippen LogP contribution in [0.15, 0.2) is 46.9 Å². The third kappa shape index (κ3) is 5.23. The van der Waals surface area contributed by atoms with Gasteiger partial charge in [-0.3, -0.25) is 4.90 Å². The normalized spacial score (nSPS) is 10.3. The monoisotopic (exact) mass is 370 g/mol. The second-order valence-electron chi connectivity index (χ2n) is 4.87. The number of hydrogen-bond donors (Lipinski definition) is 1. The van der Waals surface area contributed by atoms with Crippen LogP contribution < -0.4 is 10.5 Å². The van der Waals surface area contributed by atoms with Crippen LogP contribution in [-0.4, -0.2) is 19.1 Å². The van der Waals surface area contributed by atoms with Crippen LogP contribution in [0.5, 0.6) is 5.75 Å². The van der Waals surface area contributed by atoms with Crippen LogP contribution in [0.2, 0.25) is 0 Å². The summed E-state index contributed by atoms with van der Waals surface area (Å²) in [5.41, 5.74) is 8.98. The molecule has 5 heteroatoms. The minimum atomic E-state index is 0. The van der Waals surface area contributed by atoms with Gasteiger partial charge in [-0.1, -0.05) is 28.1 Å². The summed E-state index contributed by atoms with van der Waals surface area (Å²) in [4.78, 5) is 2.24. The van der Waals surface area contributed by atoms with E-state index in [4.69, 9.17) is 10.5 Å². The van der Waals surface area contributed by atoms with E-state index >= 15 is 0 Å². The quantitative estimate of drug-likeness (QED) is 0.804. The molecule has 0 saturated heterocycles. The summed E-state index contributed by atoms with van der Waals surface area (Å²) in [5, 5.41) is 0. The van der Waals surface area contributed by atoms with Crippen molar-refractivity contribution in [2.24, 2.45) is 0 Å². The van der Waals surface area contributed by atoms with E-state index in [1.165, 1.54) is 5.56 Å². The zero-order valence-corrected chi connectivity index (χ0v) is 14.6. The van der Waals surface area contributed by atoms with E-state index in [1.807, 2.05) is 30.3 Å². The Bertz CT molecular complexity index is 592. The third-order valence-electron chi connectivity index (χ3n) is 3.09. The van der Waals surface area contributed by atoms with Crippen molar-refractivity contribution in [1.29, 1.82) is 0 Å². The van der Waals surface area contributed by atoms with Crippen molar-refractivity contribution >= 4 is 34.0 Å². The second kappa shape index (κ2) is 8.27. The van der Waals surface area contributed by atoms with E-state index < -0.39 is 0 Å². The first kappa shape index (κ1) is 17.8. The van der Waals surface area contributed by atoms with Crippen molar-refractivity contribution in [3.05, 3.63) is 58.1 Å². The molecule has 0 aliphatic carbocycles. The lowest BCUT2D eigenvalue weighted by molar-refractivity contribution is 0.310. The number of benzene rings is 2. The van der Waals surface area contributed by atoms with Crippen molar-refractivity contribution in [2.45, 2.75) is 13.1 Å². The summed E-state index contributed by atoms with van der Waals surface area (Å²) in [6.07, 6.45) is 0. The molecule has 0 fully saturated rings. The average Bonchev–Trinajstić information content (AvgIpc) is 2.38. The van der Waals surface area contributed by atoms with Crippen molar-refractivity contribution in [2.75, 3.05) is 19.9 Å². The zero-order valence-electron chi connectivity index (χ0n) is 12.2. The van der Waals surface area contributed by atoms with Gasteiger partial charge in [0.15, 0.2) is 0 Å². The lowest BCUT2D eigenvalue weighted by atomic mass is 10.1. The Morgan fingerprint density at radius 1 is 1.14 bits per heavy atom. The Hall–Kier alpha value is -1.23. The fraction of sp³-hybridized carbons (Fsp3) is 0.250. The number of rotatable bonds is 5. The van der Waals surface area contributed by atoms with Gasteiger partial charge < -0.3 is 10.5 Å². The fourth-order valence-electron chi connectivity index (χ4n) is 2.22. The van der Waals surface area contributed by atoms with Gasteiger partial charge >= 0.3 is 0 Å². The van der Waals surface area contributed by atoms with E-state index in [0.717, 1.165) is 34.6 Å². The summed E-state index contributed by atoms with van der Waals surface area (Å²) in [6.45, 7) is 1.66. The van der Waals surface area contributed by atoms with Gasteiger partial charge in [-0.2, -0.15) is 0 Å². The molecule has 0 amide bonds. The van der Waals surface area contributed by atoms with Gasteiger partial charge in [0.1, 0.15) is 5.75 Å². The molecule has 2 N–H and O–H groups in total. The van der Waals surface area contributed by atoms with Crippen molar-refractivity contribution in [3.63, 3.8) is 0 Å². The van der Waals surface area contributed by atoms with Crippen molar-refractivity contribution in [1.82, 2.24) is 4.90 Å². The first-order valence-corrected chi connectivity index (χ1v) is 7.23. The Balaban J connectivity index is 0.00000220. The number of nitrogen functional groups attached to an aromatic ring is 1. The topological polar surface area (TPSA) is 38.5 Å². The molecule has 0 radical (unpaired) electrons. The Morgan fingerprint density at radius 2 is 1.90 bits per heavy atom. The summed E-state index contributed by atoms with van der Waals surface area (Å²) >= 11 is 3.50. The maximum atomic E-state index is 5.81. The van der Waals surface area contributed by atoms with Crippen LogP contribution in [0.3, 0.4) is 0 Å². The number of halogens is 2. The van der Waals surface area contributed by atoms with Crippen molar-refractivity contribution < 1.29 is 4.74 Å². The van der Waals surface area contributed by atoms with Crippen LogP contribution in [0.1, 0.15) is 11.1 Å². The highest BCUT2D eigenvalue weighted by Crippen LogP contribution is 2.24. The van der Waals surface area contributed by atoms with E-state index in [0.29, 0.717) is 0 Å². The summed E-state index contributed by atoms with van der Waals surface area (Å²) in [6, 6.07) is 14.0. The molecule has 0 saturated carbocycles. The van der Waals surface area contributed by atoms with Gasteiger partial charge in [0, 0.05) is 28.8 Å². The van der Waals surface area contributed by atoms with Crippen LogP contribution in [0, 0.1) is 0 Å². The second-order valence-corrected chi connectivity index (χ2v) is 5.79. The van der Waals surface area contributed by atoms with Crippen LogP contribution in [-0.2, 0) is 13.1 Å². The number of anilines is 1. The molecular formula is C16H20BrClN2O. The number of methoxy groups -OCH3 is 1. The SMILES string of the molecule is COc1ccc(Br)cc1CN(C)Cc1cccc(N)c1.Cl. The first-order chi connectivity index (χ1) is 9.58. The first-order valence-electron chi connectivity index (χ1n) is 6.44. The van der Waals surface area contributed by atoms with Crippen molar-refractivity contribution in [3.8, 4) is 5.75 Å². The Kier molecular flexibility index (Phi) is 7.02. The van der Waals surface area contributed by atoms with Gasteiger partial charge in [0.2, 0.25) is 0 Å². The molecule has 0 aliphatic heterocycles. The van der Waals surface area contributed by atoms with Gasteiger partial charge in [-0.05, 0) is 42.9 Å². The molecule has 114 valence electrons. The molecule has 21 heavy (non-hydrogen) atoms. The molecule has 0 spiro atoms. The molecule has 0 unspecified atom stereocenters. The highest BCUT2D eigenvalue weighted by Gasteiger charge is 2.08. The molecule has 2 rings (SSSR count). The zero-order chi connectivity index (χ0) is 14.5. The molecule has 2 aromatic carbocycles. The molecular weight excluding hydrogens is 352 g/mol. The molecule has 0 aromatic heterocycles. The number of hydrogen-bond acceptors (Lipinski definition) is 3. The van der Waals surface area contributed by atoms with E-state index in [1.54, 1.807) is 7.11 Å². The van der Waals surface area contributed by atoms with E-state index in [2.05, 4.69) is 40.0 Å². The molecule has 0 bridgehead atoms. The molecule has 0 heterocycles. The standard InChI is InChI=1S/C16H19BrN2O.ClH/c1-19(10-12-4-3-5-15(18)8-12)11-13-9-14(17)6-7-16(13)20-2;/h3-9H,10-11,18H2,1-2H3;1H. The maximum absolute atomic E-state index is 5.81. The van der Waals surface area contributed by atoms with Gasteiger partial charge in [-0.15, -0.1) is 12.4 Å². The minimum absolute atomic E-state index is 0. The minimum Gasteiger partial charge on any atom is -0.496 e. The lowest BCUT2D eigenvalue weighted by Gasteiger charge is -2.19. The van der Waals surface area contributed by atoms with E-state index in [-0.39, 0.29) is 12.4 Å². The average molecular weight is 372 g/mol. The van der Waals surface area contributed by atoms with Crippen LogP contribution >= 0.6 is 28.3 Å². The predicted octanol–water partition coefficient (Wildman–Crippen LogP) is 4.09. The number of nitrogens with zero attached hydrogens (tertiary/aromatic N) is 1. The molecule has 0 atom stereocenters. The number of ether oxygens (including phenoxy) is 1. The molecule has 0 aliphatic rings.